The number of azide groups is 1. The van der Waals surface area contributed by atoms with Gasteiger partial charge in [0, 0.05) is 16.7 Å². The van der Waals surface area contributed by atoms with Crippen molar-refractivity contribution in [3.8, 4) is 0 Å². The monoisotopic (exact) mass is 845 g/mol. The second-order valence-electron chi connectivity index (χ2n) is 17.7. The van der Waals surface area contributed by atoms with Gasteiger partial charge in [0.25, 0.3) is 8.32 Å². The van der Waals surface area contributed by atoms with Gasteiger partial charge in [-0.1, -0.05) is 132 Å². The van der Waals surface area contributed by atoms with Gasteiger partial charge in [-0.3, -0.25) is 0 Å². The molecule has 4 aliphatic rings. The highest BCUT2D eigenvalue weighted by Crippen LogP contribution is 2.43. The summed E-state index contributed by atoms with van der Waals surface area (Å²) in [5.41, 5.74) is 10.3. The van der Waals surface area contributed by atoms with Crippen molar-refractivity contribution in [2.45, 2.75) is 121 Å². The standard InChI is InChI=1S/C45H59N3O11Si/c1-26-27(2)42-52-24-34(55-42)38(26)58-43-36(47-48-46)28(3)39(59-44-40(29(4)37(50)33(23-49)54-44)57-41(51)30-17-11-8-12-18-30)35(56-43)25-53-60(45(5,6)7,31-19-13-9-14-20-31)32-21-15-10-16-22-32/h8-22,26-29,33-40,42-44,49-50H,23-25H2,1-7H3/t26-,27+,28-,29+,33?,34?,35?,36?,37+,38?,39+,40?,42?,43-,44+/m1/s1. The molecule has 0 spiro atoms. The number of benzene rings is 3. The molecule has 2 bridgehead atoms. The lowest BCUT2D eigenvalue weighted by Gasteiger charge is -2.50. The molecular weight excluding hydrogens is 787 g/mol. The number of carbonyl (C=O) groups excluding carboxylic acids is 1. The SMILES string of the molecule is C[C@@H]1C(OC(=O)c2ccccc2)[C@H](O[C@@H]2C(CO[Si](c3ccccc3)(c3ccccc3)C(C)(C)C)O[C@H](OC3C4COC(O4)[C@@H](C)[C@H]3C)C(N=[N+]=[N-])[C@H]2C)OC(CO)[C@H]1O. The molecule has 2 N–H and O–H groups in total. The third-order valence-corrected chi connectivity index (χ3v) is 18.0. The highest BCUT2D eigenvalue weighted by Gasteiger charge is 2.56. The Hall–Kier alpha value is -3.70. The first-order chi connectivity index (χ1) is 28.8. The molecule has 14 nitrogen and oxygen atoms in total. The molecule has 0 amide bonds. The minimum atomic E-state index is -3.14. The molecule has 3 aromatic rings. The minimum absolute atomic E-state index is 0.0235. The predicted molar refractivity (Wildman–Crippen MR) is 224 cm³/mol. The number of carbonyl (C=O) groups is 1. The number of hydrogen-bond acceptors (Lipinski definition) is 12. The van der Waals surface area contributed by atoms with Crippen LogP contribution in [0.25, 0.3) is 10.4 Å². The molecule has 3 aromatic carbocycles. The number of hydrogen-bond donors (Lipinski definition) is 2. The fourth-order valence-electron chi connectivity index (χ4n) is 9.35. The van der Waals surface area contributed by atoms with E-state index in [1.54, 1.807) is 37.3 Å². The molecule has 15 heteroatoms. The highest BCUT2D eigenvalue weighted by molar-refractivity contribution is 6.99. The maximum atomic E-state index is 13.5. The summed E-state index contributed by atoms with van der Waals surface area (Å²) in [7, 11) is -3.14. The van der Waals surface area contributed by atoms with E-state index >= 15 is 0 Å². The Kier molecular flexibility index (Phi) is 13.8. The van der Waals surface area contributed by atoms with Crippen molar-refractivity contribution in [3.05, 3.63) is 107 Å². The number of nitrogens with zero attached hydrogens (tertiary/aromatic N) is 3. The van der Waals surface area contributed by atoms with Crippen LogP contribution in [0.4, 0.5) is 0 Å². The van der Waals surface area contributed by atoms with Crippen molar-refractivity contribution in [1.82, 2.24) is 0 Å². The summed E-state index contributed by atoms with van der Waals surface area (Å²) in [4.78, 5) is 16.8. The van der Waals surface area contributed by atoms with Crippen LogP contribution in [0.1, 0.15) is 58.8 Å². The molecule has 60 heavy (non-hydrogen) atoms. The van der Waals surface area contributed by atoms with Crippen LogP contribution >= 0.6 is 0 Å². The molecule has 0 radical (unpaired) electrons. The summed E-state index contributed by atoms with van der Waals surface area (Å²) in [6.45, 7) is 14.2. The van der Waals surface area contributed by atoms with E-state index in [1.165, 1.54) is 0 Å². The number of ether oxygens (including phenoxy) is 7. The van der Waals surface area contributed by atoms with Gasteiger partial charge in [-0.25, -0.2) is 4.79 Å². The summed E-state index contributed by atoms with van der Waals surface area (Å²) >= 11 is 0. The molecule has 0 aliphatic carbocycles. The second kappa shape index (κ2) is 18.7. The first-order valence-corrected chi connectivity index (χ1v) is 22.9. The molecule has 0 aromatic heterocycles. The van der Waals surface area contributed by atoms with Gasteiger partial charge < -0.3 is 47.8 Å². The topological polar surface area (TPSA) is 180 Å². The van der Waals surface area contributed by atoms with Crippen molar-refractivity contribution in [3.63, 3.8) is 0 Å². The largest absolute Gasteiger partial charge is 0.453 e. The molecule has 7 rings (SSSR count). The van der Waals surface area contributed by atoms with Crippen molar-refractivity contribution in [1.29, 1.82) is 0 Å². The molecule has 4 fully saturated rings. The molecular formula is C45H59N3O11Si. The lowest BCUT2D eigenvalue weighted by molar-refractivity contribution is -0.342. The van der Waals surface area contributed by atoms with Crippen LogP contribution in [-0.4, -0.2) is 112 Å². The number of aliphatic hydroxyl groups is 2. The van der Waals surface area contributed by atoms with Gasteiger partial charge in [0.05, 0.1) is 49.7 Å². The maximum absolute atomic E-state index is 13.5. The van der Waals surface area contributed by atoms with Crippen LogP contribution in [0.5, 0.6) is 0 Å². The van der Waals surface area contributed by atoms with Gasteiger partial charge in [-0.15, -0.1) is 0 Å². The zero-order valence-corrected chi connectivity index (χ0v) is 36.4. The normalized spacial score (nSPS) is 35.6. The van der Waals surface area contributed by atoms with Crippen molar-refractivity contribution in [2.24, 2.45) is 28.8 Å². The minimum Gasteiger partial charge on any atom is -0.453 e. The van der Waals surface area contributed by atoms with Crippen LogP contribution in [0, 0.1) is 23.7 Å². The van der Waals surface area contributed by atoms with Crippen LogP contribution in [0.3, 0.4) is 0 Å². The first-order valence-electron chi connectivity index (χ1n) is 21.0. The van der Waals surface area contributed by atoms with E-state index in [9.17, 15) is 20.5 Å². The van der Waals surface area contributed by atoms with Gasteiger partial charge in [-0.2, -0.15) is 0 Å². The average Bonchev–Trinajstić information content (AvgIpc) is 3.71. The van der Waals surface area contributed by atoms with E-state index in [0.717, 1.165) is 10.4 Å². The quantitative estimate of drug-likeness (QED) is 0.0746. The third-order valence-electron chi connectivity index (χ3n) is 13.0. The average molecular weight is 846 g/mol. The molecule has 4 heterocycles. The van der Waals surface area contributed by atoms with Crippen LogP contribution in [0.15, 0.2) is 96.1 Å². The van der Waals surface area contributed by atoms with E-state index in [4.69, 9.17) is 37.6 Å². The molecule has 15 atom stereocenters. The third kappa shape index (κ3) is 8.68. The van der Waals surface area contributed by atoms with E-state index in [-0.39, 0.29) is 35.9 Å². The Bertz CT molecular complexity index is 1880. The maximum Gasteiger partial charge on any atom is 0.338 e. The summed E-state index contributed by atoms with van der Waals surface area (Å²) in [5, 5.41) is 27.5. The zero-order chi connectivity index (χ0) is 42.8. The lowest BCUT2D eigenvalue weighted by atomic mass is 9.85. The number of fused-ring (bicyclic) bond motifs is 2. The zero-order valence-electron chi connectivity index (χ0n) is 35.4. The number of esters is 1. The number of rotatable bonds is 13. The fraction of sp³-hybridized carbons (Fsp3) is 0.578. The Labute approximate surface area is 353 Å². The van der Waals surface area contributed by atoms with Gasteiger partial charge >= 0.3 is 5.97 Å². The summed E-state index contributed by atoms with van der Waals surface area (Å²) in [6.07, 6.45) is -8.48. The van der Waals surface area contributed by atoms with Gasteiger partial charge in [-0.05, 0) is 44.9 Å². The highest BCUT2D eigenvalue weighted by atomic mass is 28.4. The summed E-state index contributed by atoms with van der Waals surface area (Å²) in [5.74, 6) is -1.86. The molecule has 4 aliphatic heterocycles. The first kappa shape index (κ1) is 44.4. The molecule has 7 unspecified atom stereocenters. The molecule has 4 saturated heterocycles. The van der Waals surface area contributed by atoms with E-state index in [0.29, 0.717) is 12.2 Å². The van der Waals surface area contributed by atoms with E-state index in [1.807, 2.05) is 43.3 Å². The second-order valence-corrected chi connectivity index (χ2v) is 22.0. The van der Waals surface area contributed by atoms with Gasteiger partial charge in [0.2, 0.25) is 0 Å². The summed E-state index contributed by atoms with van der Waals surface area (Å²) < 4.78 is 52.7. The van der Waals surface area contributed by atoms with Crippen LogP contribution in [-0.2, 0) is 37.6 Å². The smallest absolute Gasteiger partial charge is 0.338 e. The van der Waals surface area contributed by atoms with Crippen LogP contribution < -0.4 is 10.4 Å². The fourth-order valence-corrected chi connectivity index (χ4v) is 13.9. The van der Waals surface area contributed by atoms with Crippen LogP contribution in [0.2, 0.25) is 5.04 Å². The Balaban J connectivity index is 1.28. The van der Waals surface area contributed by atoms with E-state index < -0.39 is 88.0 Å². The Morgan fingerprint density at radius 3 is 1.95 bits per heavy atom. The van der Waals surface area contributed by atoms with Crippen molar-refractivity contribution < 1.29 is 52.6 Å². The van der Waals surface area contributed by atoms with Crippen molar-refractivity contribution in [2.75, 3.05) is 19.8 Å². The number of aliphatic hydroxyl groups excluding tert-OH is 2. The van der Waals surface area contributed by atoms with E-state index in [2.05, 4.69) is 68.9 Å². The predicted octanol–water partition coefficient (Wildman–Crippen LogP) is 5.34. The molecule has 0 saturated carbocycles. The van der Waals surface area contributed by atoms with Gasteiger partial charge in [0.15, 0.2) is 25.0 Å². The Morgan fingerprint density at radius 2 is 1.37 bits per heavy atom. The lowest BCUT2D eigenvalue weighted by Crippen LogP contribution is -2.68. The van der Waals surface area contributed by atoms with Crippen molar-refractivity contribution >= 4 is 24.7 Å². The molecule has 324 valence electrons. The summed E-state index contributed by atoms with van der Waals surface area (Å²) in [6, 6.07) is 28.1. The Morgan fingerprint density at radius 1 is 0.783 bits per heavy atom. The van der Waals surface area contributed by atoms with Gasteiger partial charge in [0.1, 0.15) is 18.3 Å².